The maximum absolute atomic E-state index is 12.0. The summed E-state index contributed by atoms with van der Waals surface area (Å²) in [7, 11) is 0. The van der Waals surface area contributed by atoms with Gasteiger partial charge in [0.2, 0.25) is 0 Å². The topological polar surface area (TPSA) is 125 Å². The normalized spacial score (nSPS) is 16.8. The van der Waals surface area contributed by atoms with Gasteiger partial charge in [-0.05, 0) is 63.0 Å². The largest absolute Gasteiger partial charge is 0.508 e. The number of amides is 1. The molecule has 0 spiro atoms. The van der Waals surface area contributed by atoms with Crippen molar-refractivity contribution in [1.82, 2.24) is 5.32 Å². The van der Waals surface area contributed by atoms with Crippen LogP contribution < -0.4 is 15.8 Å². The van der Waals surface area contributed by atoms with Crippen molar-refractivity contribution >= 4 is 5.91 Å². The van der Waals surface area contributed by atoms with E-state index in [9.17, 15) is 9.90 Å². The minimum Gasteiger partial charge on any atom is -0.508 e. The van der Waals surface area contributed by atoms with E-state index in [4.69, 9.17) is 20.7 Å². The lowest BCUT2D eigenvalue weighted by molar-refractivity contribution is -0.123. The molecular weight excluding hydrogens is 456 g/mol. The van der Waals surface area contributed by atoms with Crippen LogP contribution in [-0.2, 0) is 4.79 Å². The predicted octanol–water partition coefficient (Wildman–Crippen LogP) is 4.52. The maximum atomic E-state index is 12.0. The van der Waals surface area contributed by atoms with Crippen LogP contribution >= 0.6 is 0 Å². The van der Waals surface area contributed by atoms with Crippen LogP contribution in [0.2, 0.25) is 0 Å². The summed E-state index contributed by atoms with van der Waals surface area (Å²) >= 11 is 0. The van der Waals surface area contributed by atoms with Gasteiger partial charge in [-0.2, -0.15) is 0 Å². The number of phenols is 1. The van der Waals surface area contributed by atoms with Gasteiger partial charge in [-0.25, -0.2) is 0 Å². The van der Waals surface area contributed by atoms with E-state index in [-0.39, 0.29) is 36.7 Å². The Kier molecular flexibility index (Phi) is 17.6. The molecule has 1 aliphatic rings. The lowest BCUT2D eigenvalue weighted by Crippen LogP contribution is -2.32. The summed E-state index contributed by atoms with van der Waals surface area (Å²) in [5, 5.41) is 29.4. The molecule has 0 bridgehead atoms. The SMILES string of the molecule is C=C(C)C1CCC(C)=CC1c1c(O)cccc1OCC(=O)NCC(C)C.CC(C)CCO.NCCO. The lowest BCUT2D eigenvalue weighted by atomic mass is 9.74. The summed E-state index contributed by atoms with van der Waals surface area (Å²) in [4.78, 5) is 12.0. The number of carbonyl (C=O) groups excluding carboxylic acids is 1. The Morgan fingerprint density at radius 3 is 2.31 bits per heavy atom. The number of phenolic OH excluding ortho intramolecular Hbond substituents is 1. The first-order chi connectivity index (χ1) is 17.0. The minimum atomic E-state index is -0.153. The fraction of sp³-hybridized carbons (Fsp3) is 0.621. The Bertz CT molecular complexity index is 803. The first kappa shape index (κ1) is 33.7. The van der Waals surface area contributed by atoms with Gasteiger partial charge in [0.05, 0.1) is 6.61 Å². The van der Waals surface area contributed by atoms with Gasteiger partial charge in [0.25, 0.3) is 5.91 Å². The number of ether oxygens (including phenoxy) is 1. The predicted molar refractivity (Wildman–Crippen MR) is 148 cm³/mol. The number of nitrogens with two attached hydrogens (primary N) is 1. The number of aliphatic hydroxyl groups is 2. The van der Waals surface area contributed by atoms with Crippen LogP contribution in [0.4, 0.5) is 0 Å². The third-order valence-electron chi connectivity index (χ3n) is 5.66. The number of hydrogen-bond donors (Lipinski definition) is 5. The fourth-order valence-corrected chi connectivity index (χ4v) is 3.67. The smallest absolute Gasteiger partial charge is 0.257 e. The number of rotatable bonds is 10. The third kappa shape index (κ3) is 13.7. The highest BCUT2D eigenvalue weighted by molar-refractivity contribution is 5.77. The number of carbonyl (C=O) groups is 1. The highest BCUT2D eigenvalue weighted by atomic mass is 16.5. The fourth-order valence-electron chi connectivity index (χ4n) is 3.67. The van der Waals surface area contributed by atoms with Crippen molar-refractivity contribution in [3.8, 4) is 11.5 Å². The molecular formula is C29H50N2O5. The van der Waals surface area contributed by atoms with Crippen LogP contribution in [0.5, 0.6) is 11.5 Å². The van der Waals surface area contributed by atoms with Crippen molar-refractivity contribution in [3.63, 3.8) is 0 Å². The molecule has 1 aromatic carbocycles. The summed E-state index contributed by atoms with van der Waals surface area (Å²) in [5.41, 5.74) is 7.93. The molecule has 7 heteroatoms. The van der Waals surface area contributed by atoms with E-state index in [0.29, 0.717) is 37.3 Å². The summed E-state index contributed by atoms with van der Waals surface area (Å²) < 4.78 is 5.80. The number of aliphatic hydroxyl groups excluding tert-OH is 2. The van der Waals surface area contributed by atoms with Crippen molar-refractivity contribution in [1.29, 1.82) is 0 Å². The van der Waals surface area contributed by atoms with Crippen molar-refractivity contribution < 1.29 is 24.9 Å². The van der Waals surface area contributed by atoms with Gasteiger partial charge in [-0.3, -0.25) is 4.79 Å². The molecule has 206 valence electrons. The van der Waals surface area contributed by atoms with E-state index in [2.05, 4.69) is 38.7 Å². The Morgan fingerprint density at radius 1 is 1.19 bits per heavy atom. The molecule has 1 aromatic rings. The van der Waals surface area contributed by atoms with Gasteiger partial charge >= 0.3 is 0 Å². The Labute approximate surface area is 218 Å². The first-order valence-corrected chi connectivity index (χ1v) is 12.9. The number of aromatic hydroxyl groups is 1. The highest BCUT2D eigenvalue weighted by Crippen LogP contribution is 2.46. The average Bonchev–Trinajstić information content (AvgIpc) is 2.81. The first-order valence-electron chi connectivity index (χ1n) is 12.9. The monoisotopic (exact) mass is 506 g/mol. The van der Waals surface area contributed by atoms with Crippen molar-refractivity contribution in [3.05, 3.63) is 47.6 Å². The third-order valence-corrected chi connectivity index (χ3v) is 5.66. The van der Waals surface area contributed by atoms with Crippen molar-refractivity contribution in [2.24, 2.45) is 23.5 Å². The van der Waals surface area contributed by atoms with Crippen LogP contribution in [0.25, 0.3) is 0 Å². The summed E-state index contributed by atoms with van der Waals surface area (Å²) in [6.45, 7) is 17.9. The van der Waals surface area contributed by atoms with E-state index < -0.39 is 0 Å². The zero-order valence-electron chi connectivity index (χ0n) is 23.2. The molecule has 0 saturated heterocycles. The number of nitrogens with one attached hydrogen (secondary N) is 1. The second kappa shape index (κ2) is 18.9. The van der Waals surface area contributed by atoms with Crippen LogP contribution in [-0.4, -0.2) is 54.1 Å². The number of allylic oxidation sites excluding steroid dienone is 3. The van der Waals surface area contributed by atoms with Crippen LogP contribution in [0, 0.1) is 17.8 Å². The second-order valence-corrected chi connectivity index (χ2v) is 10.1. The molecule has 2 rings (SSSR count). The van der Waals surface area contributed by atoms with E-state index in [1.54, 1.807) is 12.1 Å². The van der Waals surface area contributed by atoms with Crippen LogP contribution in [0.1, 0.15) is 72.3 Å². The molecule has 0 radical (unpaired) electrons. The standard InChI is InChI=1S/C22H31NO3.C5H12O.C2H7NO/c1-14(2)12-23-21(25)13-26-20-8-6-7-19(24)22(20)18-11-16(5)9-10-17(18)15(3)4;1-5(2)3-4-6;3-1-2-4/h6-8,11,14,17-18,24H,3,9-10,12-13H2,1-2,4-5H3,(H,23,25);5-6H,3-4H2,1-2H3;4H,1-3H2. The van der Waals surface area contributed by atoms with Gasteiger partial charge < -0.3 is 31.1 Å². The number of benzene rings is 1. The quantitative estimate of drug-likeness (QED) is 0.297. The van der Waals surface area contributed by atoms with Crippen LogP contribution in [0.3, 0.4) is 0 Å². The van der Waals surface area contributed by atoms with Gasteiger partial charge in [0.15, 0.2) is 6.61 Å². The van der Waals surface area contributed by atoms with Gasteiger partial charge in [-0.1, -0.05) is 57.6 Å². The summed E-state index contributed by atoms with van der Waals surface area (Å²) in [5.74, 6) is 1.91. The molecule has 6 N–H and O–H groups in total. The Hall–Kier alpha value is -2.35. The molecule has 0 aromatic heterocycles. The second-order valence-electron chi connectivity index (χ2n) is 10.1. The molecule has 2 unspecified atom stereocenters. The zero-order chi connectivity index (χ0) is 27.7. The van der Waals surface area contributed by atoms with Gasteiger partial charge in [-0.15, -0.1) is 0 Å². The average molecular weight is 507 g/mol. The molecule has 0 heterocycles. The lowest BCUT2D eigenvalue weighted by Gasteiger charge is -2.32. The van der Waals surface area contributed by atoms with E-state index in [1.807, 2.05) is 26.8 Å². The minimum absolute atomic E-state index is 0.0103. The number of hydrogen-bond acceptors (Lipinski definition) is 6. The Balaban J connectivity index is 0.00000104. The zero-order valence-corrected chi connectivity index (χ0v) is 23.2. The van der Waals surface area contributed by atoms with Gasteiger partial charge in [0.1, 0.15) is 11.5 Å². The highest BCUT2D eigenvalue weighted by Gasteiger charge is 2.30. The molecule has 0 aliphatic heterocycles. The van der Waals surface area contributed by atoms with E-state index in [1.165, 1.54) is 5.57 Å². The van der Waals surface area contributed by atoms with Crippen molar-refractivity contribution in [2.75, 3.05) is 32.9 Å². The maximum Gasteiger partial charge on any atom is 0.257 e. The molecule has 2 atom stereocenters. The summed E-state index contributed by atoms with van der Waals surface area (Å²) in [6, 6.07) is 5.24. The Morgan fingerprint density at radius 2 is 1.83 bits per heavy atom. The molecule has 0 fully saturated rings. The summed E-state index contributed by atoms with van der Waals surface area (Å²) in [6.07, 6.45) is 5.17. The van der Waals surface area contributed by atoms with Crippen LogP contribution in [0.15, 0.2) is 42.0 Å². The molecule has 0 saturated carbocycles. The van der Waals surface area contributed by atoms with Crippen molar-refractivity contribution in [2.45, 2.75) is 66.7 Å². The molecule has 7 nitrogen and oxygen atoms in total. The molecule has 1 amide bonds. The molecule has 1 aliphatic carbocycles. The van der Waals surface area contributed by atoms with E-state index in [0.717, 1.165) is 30.4 Å². The van der Waals surface area contributed by atoms with Gasteiger partial charge in [0, 0.05) is 31.2 Å². The molecule has 36 heavy (non-hydrogen) atoms. The van der Waals surface area contributed by atoms with E-state index >= 15 is 0 Å².